The van der Waals surface area contributed by atoms with Gasteiger partial charge in [-0.15, -0.1) is 6.58 Å². The Labute approximate surface area is 110 Å². The molecule has 0 fully saturated rings. The van der Waals surface area contributed by atoms with Crippen LogP contribution in [-0.4, -0.2) is 21.3 Å². The number of carboxylic acids is 1. The molecule has 0 unspecified atom stereocenters. The number of hydrogen-bond acceptors (Lipinski definition) is 3. The molecule has 0 atom stereocenters. The fourth-order valence-corrected chi connectivity index (χ4v) is 1.99. The molecule has 0 spiro atoms. The third kappa shape index (κ3) is 3.17. The Kier molecular flexibility index (Phi) is 5.04. The maximum absolute atomic E-state index is 11.1. The second-order valence-electron chi connectivity index (χ2n) is 3.92. The van der Waals surface area contributed by atoms with E-state index in [0.717, 1.165) is 18.9 Å². The van der Waals surface area contributed by atoms with Gasteiger partial charge >= 0.3 is 5.97 Å². The summed E-state index contributed by atoms with van der Waals surface area (Å²) in [6.07, 6.45) is 4.53. The summed E-state index contributed by atoms with van der Waals surface area (Å²) >= 11 is 5.88. The van der Waals surface area contributed by atoms with Crippen molar-refractivity contribution in [1.82, 2.24) is 0 Å². The Morgan fingerprint density at radius 1 is 1.33 bits per heavy atom. The van der Waals surface area contributed by atoms with Gasteiger partial charge in [0.1, 0.15) is 17.1 Å². The van der Waals surface area contributed by atoms with Crippen LogP contribution in [0.15, 0.2) is 18.7 Å². The first-order valence-electron chi connectivity index (χ1n) is 5.56. The van der Waals surface area contributed by atoms with Crippen LogP contribution in [0.3, 0.4) is 0 Å². The lowest BCUT2D eigenvalue weighted by Crippen LogP contribution is -2.04. The zero-order valence-corrected chi connectivity index (χ0v) is 10.6. The van der Waals surface area contributed by atoms with Crippen molar-refractivity contribution >= 4 is 17.6 Å². The third-order valence-electron chi connectivity index (χ3n) is 2.62. The molecule has 3 N–H and O–H groups in total. The molecule has 0 radical (unpaired) electrons. The number of aromatic hydroxyl groups is 2. The molecule has 0 saturated carbocycles. The summed E-state index contributed by atoms with van der Waals surface area (Å²) in [5.41, 5.74) is 0.0298. The number of allylic oxidation sites excluding steroid dienone is 1. The van der Waals surface area contributed by atoms with Crippen LogP contribution in [0, 0.1) is 0 Å². The zero-order valence-electron chi connectivity index (χ0n) is 9.82. The van der Waals surface area contributed by atoms with Gasteiger partial charge in [0.05, 0.1) is 5.02 Å². The molecule has 1 aromatic rings. The maximum Gasteiger partial charge on any atom is 0.339 e. The van der Waals surface area contributed by atoms with E-state index in [1.807, 2.05) is 0 Å². The van der Waals surface area contributed by atoms with Gasteiger partial charge in [-0.25, -0.2) is 4.79 Å². The number of halogens is 1. The van der Waals surface area contributed by atoms with E-state index in [4.69, 9.17) is 16.7 Å². The average Bonchev–Trinajstić information content (AvgIpc) is 2.29. The second-order valence-corrected chi connectivity index (χ2v) is 4.30. The molecular weight excluding hydrogens is 256 g/mol. The average molecular weight is 271 g/mol. The summed E-state index contributed by atoms with van der Waals surface area (Å²) in [7, 11) is 0. The van der Waals surface area contributed by atoms with Gasteiger partial charge in [-0.05, 0) is 31.2 Å². The minimum atomic E-state index is -1.26. The number of phenols is 2. The van der Waals surface area contributed by atoms with Crippen molar-refractivity contribution in [1.29, 1.82) is 0 Å². The normalized spacial score (nSPS) is 10.3. The van der Waals surface area contributed by atoms with E-state index >= 15 is 0 Å². The van der Waals surface area contributed by atoms with Crippen LogP contribution >= 0.6 is 11.6 Å². The van der Waals surface area contributed by atoms with E-state index in [-0.39, 0.29) is 21.9 Å². The molecule has 0 amide bonds. The summed E-state index contributed by atoms with van der Waals surface area (Å²) in [5.74, 6) is -2.03. The lowest BCUT2D eigenvalue weighted by molar-refractivity contribution is 0.0692. The van der Waals surface area contributed by atoms with Crippen LogP contribution in [0.25, 0.3) is 0 Å². The van der Waals surface area contributed by atoms with E-state index in [1.165, 1.54) is 0 Å². The Bertz CT molecular complexity index is 469. The van der Waals surface area contributed by atoms with Gasteiger partial charge in [-0.2, -0.15) is 0 Å². The van der Waals surface area contributed by atoms with E-state index in [0.29, 0.717) is 12.8 Å². The lowest BCUT2D eigenvalue weighted by atomic mass is 9.99. The molecule has 0 aliphatic rings. The predicted molar refractivity (Wildman–Crippen MR) is 69.5 cm³/mol. The van der Waals surface area contributed by atoms with Gasteiger partial charge in [-0.3, -0.25) is 0 Å². The van der Waals surface area contributed by atoms with Crippen molar-refractivity contribution in [3.8, 4) is 11.5 Å². The fourth-order valence-electron chi connectivity index (χ4n) is 1.75. The molecule has 18 heavy (non-hydrogen) atoms. The van der Waals surface area contributed by atoms with Crippen molar-refractivity contribution in [2.75, 3.05) is 0 Å². The molecule has 4 nitrogen and oxygen atoms in total. The molecule has 0 aliphatic carbocycles. The molecule has 98 valence electrons. The standard InChI is InChI=1S/C13H15ClO4/c1-2-3-4-5-6-8-11(13(17)18)9(15)7-10(16)12(8)14/h2,7,15-16H,1,3-6H2,(H,17,18). The van der Waals surface area contributed by atoms with E-state index in [2.05, 4.69) is 6.58 Å². The Balaban J connectivity index is 3.06. The molecule has 5 heteroatoms. The smallest absolute Gasteiger partial charge is 0.339 e. The topological polar surface area (TPSA) is 77.8 Å². The SMILES string of the molecule is C=CCCCCc1c(Cl)c(O)cc(O)c1C(=O)O. The van der Waals surface area contributed by atoms with Gasteiger partial charge in [0, 0.05) is 6.07 Å². The highest BCUT2D eigenvalue weighted by molar-refractivity contribution is 6.33. The molecule has 0 aromatic heterocycles. The van der Waals surface area contributed by atoms with E-state index < -0.39 is 11.7 Å². The van der Waals surface area contributed by atoms with Crippen molar-refractivity contribution in [3.63, 3.8) is 0 Å². The largest absolute Gasteiger partial charge is 0.507 e. The van der Waals surface area contributed by atoms with Gasteiger partial charge in [0.25, 0.3) is 0 Å². The number of carbonyl (C=O) groups is 1. The lowest BCUT2D eigenvalue weighted by Gasteiger charge is -2.11. The summed E-state index contributed by atoms with van der Waals surface area (Å²) < 4.78 is 0. The highest BCUT2D eigenvalue weighted by Crippen LogP contribution is 2.36. The second kappa shape index (κ2) is 6.31. The van der Waals surface area contributed by atoms with Crippen molar-refractivity contribution in [2.45, 2.75) is 25.7 Å². The highest BCUT2D eigenvalue weighted by atomic mass is 35.5. The molecule has 0 aliphatic heterocycles. The minimum Gasteiger partial charge on any atom is -0.507 e. The van der Waals surface area contributed by atoms with Crippen LogP contribution in [0.4, 0.5) is 0 Å². The summed E-state index contributed by atoms with van der Waals surface area (Å²) in [6, 6.07) is 0.943. The molecule has 0 bridgehead atoms. The summed E-state index contributed by atoms with van der Waals surface area (Å²) in [5, 5.41) is 28.1. The third-order valence-corrected chi connectivity index (χ3v) is 3.04. The predicted octanol–water partition coefficient (Wildman–Crippen LogP) is 3.35. The first kappa shape index (κ1) is 14.4. The Hall–Kier alpha value is -1.68. The molecular formula is C13H15ClO4. The van der Waals surface area contributed by atoms with Crippen LogP contribution in [-0.2, 0) is 6.42 Å². The first-order valence-corrected chi connectivity index (χ1v) is 5.94. The van der Waals surface area contributed by atoms with Crippen molar-refractivity contribution in [3.05, 3.63) is 34.9 Å². The first-order chi connectivity index (χ1) is 8.49. The van der Waals surface area contributed by atoms with Crippen LogP contribution < -0.4 is 0 Å². The van der Waals surface area contributed by atoms with Crippen LogP contribution in [0.5, 0.6) is 11.5 Å². The van der Waals surface area contributed by atoms with Gasteiger partial charge in [0.15, 0.2) is 0 Å². The fraction of sp³-hybridized carbons (Fsp3) is 0.308. The van der Waals surface area contributed by atoms with Crippen LogP contribution in [0.1, 0.15) is 35.2 Å². The van der Waals surface area contributed by atoms with Gasteiger partial charge in [-0.1, -0.05) is 17.7 Å². The number of aromatic carboxylic acids is 1. The molecule has 1 aromatic carbocycles. The zero-order chi connectivity index (χ0) is 13.7. The van der Waals surface area contributed by atoms with Gasteiger partial charge in [0.2, 0.25) is 0 Å². The number of benzene rings is 1. The molecule has 1 rings (SSSR count). The quantitative estimate of drug-likeness (QED) is 0.547. The Morgan fingerprint density at radius 3 is 2.56 bits per heavy atom. The Morgan fingerprint density at radius 2 is 2.00 bits per heavy atom. The molecule has 0 heterocycles. The van der Waals surface area contributed by atoms with Crippen LogP contribution in [0.2, 0.25) is 5.02 Å². The number of hydrogen-bond donors (Lipinski definition) is 3. The summed E-state index contributed by atoms with van der Waals surface area (Å²) in [4.78, 5) is 11.1. The number of unbranched alkanes of at least 4 members (excludes halogenated alkanes) is 2. The monoisotopic (exact) mass is 270 g/mol. The molecule has 0 saturated heterocycles. The van der Waals surface area contributed by atoms with Gasteiger partial charge < -0.3 is 15.3 Å². The minimum absolute atomic E-state index is 0.0104. The van der Waals surface area contributed by atoms with E-state index in [9.17, 15) is 15.0 Å². The summed E-state index contributed by atoms with van der Waals surface area (Å²) in [6.45, 7) is 3.60. The van der Waals surface area contributed by atoms with E-state index in [1.54, 1.807) is 6.08 Å². The number of carboxylic acid groups (broad SMARTS) is 1. The highest BCUT2D eigenvalue weighted by Gasteiger charge is 2.21. The van der Waals surface area contributed by atoms with Crippen molar-refractivity contribution in [2.24, 2.45) is 0 Å². The number of phenolic OH excluding ortho intramolecular Hbond substituents is 1. The number of rotatable bonds is 6. The van der Waals surface area contributed by atoms with Crippen molar-refractivity contribution < 1.29 is 20.1 Å². The maximum atomic E-state index is 11.1.